The fraction of sp³-hybridized carbons (Fsp3) is 0.250. The van der Waals surface area contributed by atoms with Crippen molar-refractivity contribution in [3.8, 4) is 10.4 Å². The van der Waals surface area contributed by atoms with Crippen LogP contribution in [0.4, 0.5) is 0 Å². The molecule has 2 nitrogen and oxygen atoms in total. The van der Waals surface area contributed by atoms with E-state index in [1.807, 2.05) is 24.3 Å². The third kappa shape index (κ3) is 2.79. The van der Waals surface area contributed by atoms with Crippen molar-refractivity contribution in [3.63, 3.8) is 0 Å². The zero-order valence-corrected chi connectivity index (χ0v) is 15.1. The standard InChI is InChI=1S/C16H12Br2O2S/c17-7-13(19)10-3-4-12-9(5-10)1-2-11-6-15(14(20)8-18)21-16(11)12/h3-6H,1-2,7-8H2. The van der Waals surface area contributed by atoms with Crippen LogP contribution in [0.2, 0.25) is 0 Å². The van der Waals surface area contributed by atoms with Gasteiger partial charge in [0.05, 0.1) is 15.5 Å². The number of ketones is 2. The van der Waals surface area contributed by atoms with E-state index in [0.717, 1.165) is 23.3 Å². The maximum absolute atomic E-state index is 11.8. The summed E-state index contributed by atoms with van der Waals surface area (Å²) in [4.78, 5) is 25.6. The number of carbonyl (C=O) groups excluding carboxylic acids is 2. The van der Waals surface area contributed by atoms with Crippen LogP contribution in [0.25, 0.3) is 10.4 Å². The summed E-state index contributed by atoms with van der Waals surface area (Å²) in [6, 6.07) is 7.91. The smallest absolute Gasteiger partial charge is 0.183 e. The molecule has 0 spiro atoms. The number of rotatable bonds is 4. The van der Waals surface area contributed by atoms with Crippen molar-refractivity contribution >= 4 is 54.8 Å². The van der Waals surface area contributed by atoms with Gasteiger partial charge < -0.3 is 0 Å². The second-order valence-electron chi connectivity index (χ2n) is 4.95. The second-order valence-corrected chi connectivity index (χ2v) is 7.12. The maximum Gasteiger partial charge on any atom is 0.183 e. The lowest BCUT2D eigenvalue weighted by atomic mass is 9.89. The first-order valence-corrected chi connectivity index (χ1v) is 9.64. The number of hydrogen-bond acceptors (Lipinski definition) is 3. The Labute approximate surface area is 143 Å². The first-order chi connectivity index (χ1) is 10.1. The molecule has 21 heavy (non-hydrogen) atoms. The molecule has 0 fully saturated rings. The summed E-state index contributed by atoms with van der Waals surface area (Å²) in [6.45, 7) is 0. The number of fused-ring (bicyclic) bond motifs is 3. The Hall–Kier alpha value is -0.780. The molecule has 2 aromatic rings. The molecule has 0 saturated heterocycles. The molecule has 0 unspecified atom stereocenters. The number of hydrogen-bond donors (Lipinski definition) is 0. The second kappa shape index (κ2) is 6.15. The molecule has 0 radical (unpaired) electrons. The fourth-order valence-corrected chi connectivity index (χ4v) is 4.61. The number of benzene rings is 1. The van der Waals surface area contributed by atoms with Crippen molar-refractivity contribution in [2.24, 2.45) is 0 Å². The number of halogens is 2. The molecular formula is C16H12Br2O2S. The molecule has 3 rings (SSSR count). The summed E-state index contributed by atoms with van der Waals surface area (Å²) in [7, 11) is 0. The predicted molar refractivity (Wildman–Crippen MR) is 93.4 cm³/mol. The lowest BCUT2D eigenvalue weighted by Crippen LogP contribution is -2.05. The minimum Gasteiger partial charge on any atom is -0.293 e. The van der Waals surface area contributed by atoms with Gasteiger partial charge in [0.2, 0.25) is 0 Å². The monoisotopic (exact) mass is 426 g/mol. The SMILES string of the molecule is O=C(CBr)c1ccc2c(c1)CCc1cc(C(=O)CBr)sc1-2. The number of Topliss-reactive ketones (excluding diaryl/α,β-unsaturated/α-hetero) is 2. The van der Waals surface area contributed by atoms with Crippen molar-refractivity contribution in [3.05, 3.63) is 45.8 Å². The molecule has 1 aromatic heterocycles. The average molecular weight is 428 g/mol. The van der Waals surface area contributed by atoms with Crippen LogP contribution >= 0.6 is 43.2 Å². The summed E-state index contributed by atoms with van der Waals surface area (Å²) in [6.07, 6.45) is 1.85. The summed E-state index contributed by atoms with van der Waals surface area (Å²) < 4.78 is 0. The van der Waals surface area contributed by atoms with Crippen LogP contribution in [0.5, 0.6) is 0 Å². The molecule has 1 aliphatic carbocycles. The molecule has 1 aromatic carbocycles. The van der Waals surface area contributed by atoms with Gasteiger partial charge >= 0.3 is 0 Å². The quantitative estimate of drug-likeness (QED) is 0.524. The Bertz CT molecular complexity index is 734. The van der Waals surface area contributed by atoms with Crippen LogP contribution in [0, 0.1) is 0 Å². The molecule has 108 valence electrons. The number of aryl methyl sites for hydroxylation is 2. The van der Waals surface area contributed by atoms with Crippen LogP contribution in [0.3, 0.4) is 0 Å². The summed E-state index contributed by atoms with van der Waals surface area (Å²) in [5, 5.41) is 0.706. The normalized spacial score (nSPS) is 12.7. The van der Waals surface area contributed by atoms with E-state index in [1.54, 1.807) is 11.3 Å². The lowest BCUT2D eigenvalue weighted by molar-refractivity contribution is 0.101. The summed E-state index contributed by atoms with van der Waals surface area (Å²) >= 11 is 7.99. The minimum absolute atomic E-state index is 0.102. The zero-order valence-electron chi connectivity index (χ0n) is 11.1. The van der Waals surface area contributed by atoms with Gasteiger partial charge in [-0.3, -0.25) is 9.59 Å². The Balaban J connectivity index is 2.05. The highest BCUT2D eigenvalue weighted by Gasteiger charge is 2.22. The van der Waals surface area contributed by atoms with Crippen LogP contribution in [-0.4, -0.2) is 22.2 Å². The van der Waals surface area contributed by atoms with E-state index in [9.17, 15) is 9.59 Å². The van der Waals surface area contributed by atoms with Crippen molar-refractivity contribution in [2.45, 2.75) is 12.8 Å². The largest absolute Gasteiger partial charge is 0.293 e. The van der Waals surface area contributed by atoms with Crippen LogP contribution in [0.1, 0.15) is 31.2 Å². The van der Waals surface area contributed by atoms with Crippen LogP contribution < -0.4 is 0 Å². The van der Waals surface area contributed by atoms with E-state index in [0.29, 0.717) is 10.7 Å². The molecule has 0 N–H and O–H groups in total. The van der Waals surface area contributed by atoms with Gasteiger partial charge in [-0.15, -0.1) is 11.3 Å². The molecule has 0 atom stereocenters. The molecule has 0 bridgehead atoms. The van der Waals surface area contributed by atoms with Gasteiger partial charge in [-0.1, -0.05) is 44.0 Å². The topological polar surface area (TPSA) is 34.1 Å². The van der Waals surface area contributed by atoms with Crippen molar-refractivity contribution < 1.29 is 9.59 Å². The van der Waals surface area contributed by atoms with Crippen LogP contribution in [-0.2, 0) is 12.8 Å². The van der Waals surface area contributed by atoms with Gasteiger partial charge in [0.25, 0.3) is 0 Å². The molecule has 0 aliphatic heterocycles. The molecular weight excluding hydrogens is 416 g/mol. The maximum atomic E-state index is 11.8. The zero-order chi connectivity index (χ0) is 15.0. The third-order valence-electron chi connectivity index (χ3n) is 3.66. The number of thiophene rings is 1. The first-order valence-electron chi connectivity index (χ1n) is 6.58. The van der Waals surface area contributed by atoms with Crippen molar-refractivity contribution in [1.29, 1.82) is 0 Å². The van der Waals surface area contributed by atoms with Crippen LogP contribution in [0.15, 0.2) is 24.3 Å². The van der Waals surface area contributed by atoms with Gasteiger partial charge in [-0.2, -0.15) is 0 Å². The summed E-state index contributed by atoms with van der Waals surface area (Å²) in [5.41, 5.74) is 4.37. The van der Waals surface area contributed by atoms with Gasteiger partial charge in [0, 0.05) is 10.4 Å². The first kappa shape index (κ1) is 15.1. The van der Waals surface area contributed by atoms with E-state index in [1.165, 1.54) is 21.6 Å². The van der Waals surface area contributed by atoms with E-state index >= 15 is 0 Å². The number of alkyl halides is 2. The lowest BCUT2D eigenvalue weighted by Gasteiger charge is -2.16. The molecule has 0 amide bonds. The Morgan fingerprint density at radius 1 is 1.00 bits per heavy atom. The summed E-state index contributed by atoms with van der Waals surface area (Å²) in [5.74, 6) is 0.229. The minimum atomic E-state index is 0.102. The van der Waals surface area contributed by atoms with Gasteiger partial charge in [-0.05, 0) is 41.7 Å². The van der Waals surface area contributed by atoms with Gasteiger partial charge in [0.1, 0.15) is 0 Å². The molecule has 1 aliphatic rings. The molecule has 0 saturated carbocycles. The Morgan fingerprint density at radius 3 is 2.43 bits per heavy atom. The Morgan fingerprint density at radius 2 is 1.71 bits per heavy atom. The van der Waals surface area contributed by atoms with Gasteiger partial charge in [0.15, 0.2) is 11.6 Å². The van der Waals surface area contributed by atoms with E-state index in [2.05, 4.69) is 31.9 Å². The predicted octanol–water partition coefficient (Wildman–Crippen LogP) is 4.67. The van der Waals surface area contributed by atoms with E-state index < -0.39 is 0 Å². The Kier molecular flexibility index (Phi) is 4.43. The number of carbonyl (C=O) groups is 2. The fourth-order valence-electron chi connectivity index (χ4n) is 2.59. The van der Waals surface area contributed by atoms with E-state index in [4.69, 9.17) is 0 Å². The third-order valence-corrected chi connectivity index (χ3v) is 5.93. The van der Waals surface area contributed by atoms with Gasteiger partial charge in [-0.25, -0.2) is 0 Å². The van der Waals surface area contributed by atoms with Crippen molar-refractivity contribution in [1.82, 2.24) is 0 Å². The van der Waals surface area contributed by atoms with E-state index in [-0.39, 0.29) is 11.6 Å². The highest BCUT2D eigenvalue weighted by Crippen LogP contribution is 2.40. The highest BCUT2D eigenvalue weighted by molar-refractivity contribution is 9.09. The average Bonchev–Trinajstić information content (AvgIpc) is 2.97. The molecule has 1 heterocycles. The highest BCUT2D eigenvalue weighted by atomic mass is 79.9. The molecule has 5 heteroatoms. The van der Waals surface area contributed by atoms with Crippen molar-refractivity contribution in [2.75, 3.05) is 10.7 Å².